The number of rotatable bonds is 7. The van der Waals surface area contributed by atoms with Crippen LogP contribution in [0.3, 0.4) is 0 Å². The molecular formula is C24H20ClN3O5S. The first-order valence-corrected chi connectivity index (χ1v) is 11.7. The molecule has 34 heavy (non-hydrogen) atoms. The first kappa shape index (κ1) is 23.7. The molecule has 4 rings (SSSR count). The zero-order valence-corrected chi connectivity index (χ0v) is 19.7. The van der Waals surface area contributed by atoms with Crippen molar-refractivity contribution in [3.8, 4) is 0 Å². The zero-order chi connectivity index (χ0) is 24.4. The normalized spacial score (nSPS) is 16.6. The summed E-state index contributed by atoms with van der Waals surface area (Å²) in [5.41, 5.74) is 2.29. The predicted molar refractivity (Wildman–Crippen MR) is 128 cm³/mol. The molecule has 174 valence electrons. The van der Waals surface area contributed by atoms with Crippen molar-refractivity contribution in [3.63, 3.8) is 0 Å². The van der Waals surface area contributed by atoms with Gasteiger partial charge in [0.1, 0.15) is 0 Å². The second-order valence-corrected chi connectivity index (χ2v) is 9.23. The highest BCUT2D eigenvalue weighted by atomic mass is 35.5. The lowest BCUT2D eigenvalue weighted by Gasteiger charge is -2.15. The monoisotopic (exact) mass is 497 g/mol. The molecule has 0 spiro atoms. The highest BCUT2D eigenvalue weighted by molar-refractivity contribution is 8.18. The van der Waals surface area contributed by atoms with Crippen molar-refractivity contribution < 1.29 is 24.0 Å². The number of fused-ring (bicyclic) bond motifs is 1. The number of hydrogen-bond donors (Lipinski definition) is 1. The quantitative estimate of drug-likeness (QED) is 0.464. The highest BCUT2D eigenvalue weighted by Gasteiger charge is 2.36. The number of nitrogens with one attached hydrogen (secondary N) is 1. The Bertz CT molecular complexity index is 1240. The minimum Gasteiger partial charge on any atom is -0.354 e. The van der Waals surface area contributed by atoms with E-state index in [2.05, 4.69) is 5.32 Å². The maximum absolute atomic E-state index is 12.6. The van der Waals surface area contributed by atoms with Gasteiger partial charge in [0, 0.05) is 31.1 Å². The number of hydrogen-bond acceptors (Lipinski definition) is 6. The van der Waals surface area contributed by atoms with Gasteiger partial charge in [-0.1, -0.05) is 35.4 Å². The fourth-order valence-electron chi connectivity index (χ4n) is 3.62. The molecular weight excluding hydrogens is 478 g/mol. The SMILES string of the molecule is Cc1ccc2c(c1)C(=O)N(CCC(=O)NCCN1C(=O)S/C(=C\c3ccc(Cl)cc3)C1=O)C2=O. The number of aryl methyl sites for hydroxylation is 1. The fraction of sp³-hybridized carbons (Fsp3) is 0.208. The maximum atomic E-state index is 12.6. The second-order valence-electron chi connectivity index (χ2n) is 7.80. The summed E-state index contributed by atoms with van der Waals surface area (Å²) in [4.78, 5) is 64.4. The molecule has 2 aliphatic rings. The molecule has 0 aromatic heterocycles. The Morgan fingerprint density at radius 2 is 1.65 bits per heavy atom. The molecule has 5 amide bonds. The van der Waals surface area contributed by atoms with Crippen LogP contribution in [-0.2, 0) is 9.59 Å². The lowest BCUT2D eigenvalue weighted by Crippen LogP contribution is -2.39. The number of carbonyl (C=O) groups excluding carboxylic acids is 5. The van der Waals surface area contributed by atoms with Crippen molar-refractivity contribution in [1.82, 2.24) is 15.1 Å². The van der Waals surface area contributed by atoms with Gasteiger partial charge in [-0.15, -0.1) is 0 Å². The molecule has 0 atom stereocenters. The van der Waals surface area contributed by atoms with E-state index in [0.717, 1.165) is 32.7 Å². The van der Waals surface area contributed by atoms with Crippen molar-refractivity contribution >= 4 is 58.3 Å². The van der Waals surface area contributed by atoms with Gasteiger partial charge in [0.15, 0.2) is 0 Å². The van der Waals surface area contributed by atoms with Gasteiger partial charge < -0.3 is 5.32 Å². The largest absolute Gasteiger partial charge is 0.354 e. The predicted octanol–water partition coefficient (Wildman–Crippen LogP) is 3.49. The van der Waals surface area contributed by atoms with Crippen LogP contribution in [0.4, 0.5) is 4.79 Å². The van der Waals surface area contributed by atoms with Gasteiger partial charge >= 0.3 is 0 Å². The number of benzene rings is 2. The van der Waals surface area contributed by atoms with Crippen LogP contribution < -0.4 is 5.32 Å². The van der Waals surface area contributed by atoms with Crippen molar-refractivity contribution in [2.24, 2.45) is 0 Å². The summed E-state index contributed by atoms with van der Waals surface area (Å²) in [7, 11) is 0. The molecule has 1 fully saturated rings. The molecule has 2 aromatic rings. The summed E-state index contributed by atoms with van der Waals surface area (Å²) < 4.78 is 0. The number of halogens is 1. The third-order valence-electron chi connectivity index (χ3n) is 5.39. The number of thioether (sulfide) groups is 1. The molecule has 0 aliphatic carbocycles. The van der Waals surface area contributed by atoms with Crippen LogP contribution in [0.2, 0.25) is 5.02 Å². The molecule has 10 heteroatoms. The van der Waals surface area contributed by atoms with Crippen molar-refractivity contribution in [3.05, 3.63) is 74.6 Å². The molecule has 1 N–H and O–H groups in total. The van der Waals surface area contributed by atoms with E-state index in [-0.39, 0.29) is 26.1 Å². The van der Waals surface area contributed by atoms with Crippen LogP contribution in [0.5, 0.6) is 0 Å². The van der Waals surface area contributed by atoms with Crippen molar-refractivity contribution in [2.75, 3.05) is 19.6 Å². The van der Waals surface area contributed by atoms with Gasteiger partial charge in [0.05, 0.1) is 16.0 Å². The standard InChI is InChI=1S/C24H20ClN3O5S/c1-14-2-7-17-18(12-14)22(31)27(21(17)30)10-8-20(29)26-9-11-28-23(32)19(34-24(28)33)13-15-3-5-16(25)6-4-15/h2-7,12-13H,8-11H2,1H3,(H,26,29)/b19-13-. The first-order chi connectivity index (χ1) is 16.2. The number of amides is 5. The molecule has 2 heterocycles. The Balaban J connectivity index is 1.26. The molecule has 2 aliphatic heterocycles. The van der Waals surface area contributed by atoms with Gasteiger partial charge in [-0.3, -0.25) is 33.8 Å². The highest BCUT2D eigenvalue weighted by Crippen LogP contribution is 2.32. The van der Waals surface area contributed by atoms with E-state index in [9.17, 15) is 24.0 Å². The summed E-state index contributed by atoms with van der Waals surface area (Å²) in [6.45, 7) is 1.86. The lowest BCUT2D eigenvalue weighted by molar-refractivity contribution is -0.124. The van der Waals surface area contributed by atoms with E-state index in [4.69, 9.17) is 11.6 Å². The summed E-state index contributed by atoms with van der Waals surface area (Å²) in [6, 6.07) is 11.9. The minimum atomic E-state index is -0.430. The molecule has 0 radical (unpaired) electrons. The topological polar surface area (TPSA) is 104 Å². The maximum Gasteiger partial charge on any atom is 0.293 e. The molecule has 0 bridgehead atoms. The van der Waals surface area contributed by atoms with Crippen LogP contribution in [0.1, 0.15) is 38.3 Å². The van der Waals surface area contributed by atoms with E-state index < -0.39 is 28.9 Å². The van der Waals surface area contributed by atoms with Crippen LogP contribution in [0.15, 0.2) is 47.4 Å². The second kappa shape index (κ2) is 9.82. The van der Waals surface area contributed by atoms with E-state index in [0.29, 0.717) is 21.1 Å². The summed E-state index contributed by atoms with van der Waals surface area (Å²) in [6.07, 6.45) is 1.53. The van der Waals surface area contributed by atoms with Crippen LogP contribution >= 0.6 is 23.4 Å². The average Bonchev–Trinajstić information content (AvgIpc) is 3.20. The molecule has 2 aromatic carbocycles. The van der Waals surface area contributed by atoms with E-state index in [1.165, 1.54) is 0 Å². The van der Waals surface area contributed by atoms with E-state index >= 15 is 0 Å². The summed E-state index contributed by atoms with van der Waals surface area (Å²) in [5.74, 6) is -1.66. The smallest absolute Gasteiger partial charge is 0.293 e. The van der Waals surface area contributed by atoms with Crippen LogP contribution in [-0.4, -0.2) is 58.3 Å². The fourth-order valence-corrected chi connectivity index (χ4v) is 4.61. The first-order valence-electron chi connectivity index (χ1n) is 10.5. The zero-order valence-electron chi connectivity index (χ0n) is 18.2. The molecule has 1 saturated heterocycles. The Kier molecular flexibility index (Phi) is 6.85. The number of imide groups is 2. The molecule has 8 nitrogen and oxygen atoms in total. The summed E-state index contributed by atoms with van der Waals surface area (Å²) >= 11 is 6.69. The van der Waals surface area contributed by atoms with Crippen molar-refractivity contribution in [2.45, 2.75) is 13.3 Å². The average molecular weight is 498 g/mol. The van der Waals surface area contributed by atoms with Crippen molar-refractivity contribution in [1.29, 1.82) is 0 Å². The molecule has 0 saturated carbocycles. The Morgan fingerprint density at radius 1 is 0.941 bits per heavy atom. The third kappa shape index (κ3) is 4.90. The van der Waals surface area contributed by atoms with Gasteiger partial charge in [0.25, 0.3) is 23.0 Å². The van der Waals surface area contributed by atoms with Gasteiger partial charge in [0.2, 0.25) is 5.91 Å². The van der Waals surface area contributed by atoms with Crippen LogP contribution in [0, 0.1) is 6.92 Å². The van der Waals surface area contributed by atoms with Crippen LogP contribution in [0.25, 0.3) is 6.08 Å². The Morgan fingerprint density at radius 3 is 2.38 bits per heavy atom. The Labute approximate surface area is 204 Å². The van der Waals surface area contributed by atoms with Gasteiger partial charge in [-0.2, -0.15) is 0 Å². The minimum absolute atomic E-state index is 0.0145. The van der Waals surface area contributed by atoms with E-state index in [1.807, 2.05) is 6.92 Å². The number of carbonyl (C=O) groups is 5. The Hall–Kier alpha value is -3.43. The third-order valence-corrected chi connectivity index (χ3v) is 6.55. The lowest BCUT2D eigenvalue weighted by atomic mass is 10.1. The van der Waals surface area contributed by atoms with Gasteiger partial charge in [-0.05, 0) is 54.6 Å². The summed E-state index contributed by atoms with van der Waals surface area (Å²) in [5, 5.41) is 2.78. The number of nitrogens with zero attached hydrogens (tertiary/aromatic N) is 2. The van der Waals surface area contributed by atoms with E-state index in [1.54, 1.807) is 48.5 Å². The van der Waals surface area contributed by atoms with Gasteiger partial charge in [-0.25, -0.2) is 0 Å². The molecule has 0 unspecified atom stereocenters.